The number of alkyl halides is 3. The summed E-state index contributed by atoms with van der Waals surface area (Å²) in [7, 11) is -2.34. The lowest BCUT2D eigenvalue weighted by atomic mass is 10.0. The third-order valence-corrected chi connectivity index (χ3v) is 5.04. The van der Waals surface area contributed by atoms with Crippen LogP contribution in [0.25, 0.3) is 5.82 Å². The first kappa shape index (κ1) is 23.4. The molecule has 0 spiro atoms. The Kier molecular flexibility index (Phi) is 6.35. The molecular weight excluding hydrogens is 445 g/mol. The maximum Gasteiger partial charge on any atom is 0.416 e. The van der Waals surface area contributed by atoms with Crippen LogP contribution in [-0.4, -0.2) is 42.4 Å². The van der Waals surface area contributed by atoms with Gasteiger partial charge in [-0.3, -0.25) is 4.79 Å². The molecule has 0 radical (unpaired) electrons. The molecule has 1 aromatic carbocycles. The smallest absolute Gasteiger partial charge is 0.342 e. The highest BCUT2D eigenvalue weighted by atomic mass is 32.2. The van der Waals surface area contributed by atoms with E-state index in [-0.39, 0.29) is 5.56 Å². The monoisotopic (exact) mass is 466 g/mol. The predicted octanol–water partition coefficient (Wildman–Crippen LogP) is 3.84. The largest absolute Gasteiger partial charge is 0.416 e. The van der Waals surface area contributed by atoms with Gasteiger partial charge in [-0.05, 0) is 43.7 Å². The number of hydrogen-bond donors (Lipinski definition) is 1. The van der Waals surface area contributed by atoms with E-state index in [1.54, 1.807) is 26.0 Å². The van der Waals surface area contributed by atoms with Gasteiger partial charge in [-0.25, -0.2) is 14.2 Å². The second-order valence-corrected chi connectivity index (χ2v) is 9.94. The summed E-state index contributed by atoms with van der Waals surface area (Å²) in [6.45, 7) is 3.19. The van der Waals surface area contributed by atoms with Crippen molar-refractivity contribution in [1.29, 1.82) is 0 Å². The fourth-order valence-corrected chi connectivity index (χ4v) is 3.53. The quantitative estimate of drug-likeness (QED) is 0.616. The zero-order valence-electron chi connectivity index (χ0n) is 17.7. The molecule has 170 valence electrons. The van der Waals surface area contributed by atoms with E-state index in [0.29, 0.717) is 22.9 Å². The number of pyridine rings is 1. The van der Waals surface area contributed by atoms with Gasteiger partial charge in [0.2, 0.25) is 0 Å². The minimum atomic E-state index is -4.55. The molecule has 1 amide bonds. The summed E-state index contributed by atoms with van der Waals surface area (Å²) in [4.78, 5) is 21.1. The number of aromatic nitrogens is 4. The average molecular weight is 466 g/mol. The SMILES string of the molecule is Cc1ccc(C(F)(F)F)cc1C(=O)N[C@@H](C)c1ncnn1-c1ccc(N=S(C)(C)=O)cn1. The van der Waals surface area contributed by atoms with Crippen molar-refractivity contribution >= 4 is 21.3 Å². The Balaban J connectivity index is 1.84. The number of benzene rings is 1. The molecule has 12 heteroatoms. The topological polar surface area (TPSA) is 102 Å². The molecule has 0 aliphatic carbocycles. The molecule has 0 bridgehead atoms. The number of nitrogens with zero attached hydrogens (tertiary/aromatic N) is 5. The molecule has 2 aromatic heterocycles. The van der Waals surface area contributed by atoms with E-state index >= 15 is 0 Å². The van der Waals surface area contributed by atoms with E-state index in [1.807, 2.05) is 0 Å². The van der Waals surface area contributed by atoms with Gasteiger partial charge < -0.3 is 5.32 Å². The van der Waals surface area contributed by atoms with Gasteiger partial charge in [-0.1, -0.05) is 6.07 Å². The molecule has 1 atom stereocenters. The summed E-state index contributed by atoms with van der Waals surface area (Å²) in [6, 6.07) is 5.56. The molecule has 0 unspecified atom stereocenters. The van der Waals surface area contributed by atoms with Crippen LogP contribution in [0.5, 0.6) is 0 Å². The van der Waals surface area contributed by atoms with Crippen LogP contribution in [0.4, 0.5) is 18.9 Å². The standard InChI is InChI=1S/C20H21F3N6O2S/c1-12-5-6-14(20(21,22)23)9-16(12)19(30)27-13(2)18-25-11-26-29(18)17-8-7-15(10-24-17)28-32(3,4)31/h5-11,13H,1-4H3,(H,27,30)/t13-/m0/s1. The maximum absolute atomic E-state index is 13.0. The zero-order chi connectivity index (χ0) is 23.7. The van der Waals surface area contributed by atoms with Crippen molar-refractivity contribution < 1.29 is 22.2 Å². The highest BCUT2D eigenvalue weighted by Gasteiger charge is 2.31. The second-order valence-electron chi connectivity index (χ2n) is 7.40. The first-order valence-electron chi connectivity index (χ1n) is 9.37. The number of rotatable bonds is 5. The number of nitrogens with one attached hydrogen (secondary N) is 1. The summed E-state index contributed by atoms with van der Waals surface area (Å²) in [5.74, 6) is 0.0415. The lowest BCUT2D eigenvalue weighted by molar-refractivity contribution is -0.137. The van der Waals surface area contributed by atoms with Gasteiger partial charge >= 0.3 is 6.18 Å². The molecule has 0 aliphatic heterocycles. The van der Waals surface area contributed by atoms with Gasteiger partial charge in [0, 0.05) is 27.8 Å². The lowest BCUT2D eigenvalue weighted by Gasteiger charge is -2.16. The van der Waals surface area contributed by atoms with Crippen LogP contribution in [0.1, 0.15) is 40.3 Å². The van der Waals surface area contributed by atoms with Crippen molar-refractivity contribution in [3.8, 4) is 5.82 Å². The Morgan fingerprint density at radius 3 is 2.50 bits per heavy atom. The molecule has 0 fully saturated rings. The molecule has 32 heavy (non-hydrogen) atoms. The summed E-state index contributed by atoms with van der Waals surface area (Å²) in [5, 5.41) is 6.77. The third-order valence-electron chi connectivity index (χ3n) is 4.39. The Labute approximate surface area is 183 Å². The van der Waals surface area contributed by atoms with Gasteiger partial charge in [0.05, 0.1) is 23.5 Å². The van der Waals surface area contributed by atoms with Crippen LogP contribution in [0.15, 0.2) is 47.2 Å². The maximum atomic E-state index is 13.0. The van der Waals surface area contributed by atoms with Gasteiger partial charge in [-0.15, -0.1) is 0 Å². The Morgan fingerprint density at radius 1 is 1.19 bits per heavy atom. The van der Waals surface area contributed by atoms with Gasteiger partial charge in [0.25, 0.3) is 5.91 Å². The van der Waals surface area contributed by atoms with Crippen molar-refractivity contribution in [1.82, 2.24) is 25.1 Å². The van der Waals surface area contributed by atoms with E-state index in [9.17, 15) is 22.2 Å². The van der Waals surface area contributed by atoms with Crippen molar-refractivity contribution in [3.63, 3.8) is 0 Å². The molecule has 3 aromatic rings. The van der Waals surface area contributed by atoms with Crippen LogP contribution >= 0.6 is 0 Å². The molecule has 2 heterocycles. The Hall–Kier alpha value is -3.28. The van der Waals surface area contributed by atoms with E-state index in [2.05, 4.69) is 24.7 Å². The second kappa shape index (κ2) is 8.69. The van der Waals surface area contributed by atoms with Crippen LogP contribution < -0.4 is 5.32 Å². The third kappa shape index (κ3) is 5.49. The van der Waals surface area contributed by atoms with E-state index in [1.165, 1.54) is 35.8 Å². The van der Waals surface area contributed by atoms with Crippen molar-refractivity contribution in [3.05, 3.63) is 65.4 Å². The Bertz CT molecular complexity index is 1250. The highest BCUT2D eigenvalue weighted by Crippen LogP contribution is 2.30. The minimum Gasteiger partial charge on any atom is -0.342 e. The summed E-state index contributed by atoms with van der Waals surface area (Å²) >= 11 is 0. The number of carbonyl (C=O) groups excluding carboxylic acids is 1. The van der Waals surface area contributed by atoms with Crippen LogP contribution in [0.2, 0.25) is 0 Å². The lowest BCUT2D eigenvalue weighted by Crippen LogP contribution is -2.29. The summed E-state index contributed by atoms with van der Waals surface area (Å²) in [6.07, 6.45) is 1.17. The first-order valence-corrected chi connectivity index (χ1v) is 11.7. The molecule has 3 rings (SSSR count). The first-order chi connectivity index (χ1) is 14.8. The molecule has 0 aliphatic rings. The molecular formula is C20H21F3N6O2S. The zero-order valence-corrected chi connectivity index (χ0v) is 18.5. The van der Waals surface area contributed by atoms with Crippen LogP contribution in [0.3, 0.4) is 0 Å². The van der Waals surface area contributed by atoms with Crippen molar-refractivity contribution in [2.75, 3.05) is 12.5 Å². The highest BCUT2D eigenvalue weighted by molar-refractivity contribution is 7.92. The van der Waals surface area contributed by atoms with Crippen LogP contribution in [-0.2, 0) is 15.9 Å². The van der Waals surface area contributed by atoms with Crippen molar-refractivity contribution in [2.24, 2.45) is 4.36 Å². The van der Waals surface area contributed by atoms with Gasteiger partial charge in [0.15, 0.2) is 11.6 Å². The summed E-state index contributed by atoms with van der Waals surface area (Å²) in [5.41, 5.74) is -0.133. The van der Waals surface area contributed by atoms with Crippen molar-refractivity contribution in [2.45, 2.75) is 26.1 Å². The fraction of sp³-hybridized carbons (Fsp3) is 0.300. The van der Waals surface area contributed by atoms with E-state index in [0.717, 1.165) is 12.1 Å². The molecule has 8 nitrogen and oxygen atoms in total. The minimum absolute atomic E-state index is 0.0791. The van der Waals surface area contributed by atoms with E-state index < -0.39 is 33.4 Å². The fourth-order valence-electron chi connectivity index (χ4n) is 2.92. The number of hydrogen-bond acceptors (Lipinski definition) is 6. The van der Waals surface area contributed by atoms with Gasteiger partial charge in [-0.2, -0.15) is 27.3 Å². The van der Waals surface area contributed by atoms with E-state index in [4.69, 9.17) is 0 Å². The number of carbonyl (C=O) groups is 1. The molecule has 0 saturated heterocycles. The molecule has 0 saturated carbocycles. The summed E-state index contributed by atoms with van der Waals surface area (Å²) < 4.78 is 56.3. The molecule has 1 N–H and O–H groups in total. The number of amides is 1. The normalized spacial score (nSPS) is 13.0. The van der Waals surface area contributed by atoms with Gasteiger partial charge in [0.1, 0.15) is 6.33 Å². The number of aryl methyl sites for hydroxylation is 1. The van der Waals surface area contributed by atoms with Crippen LogP contribution in [0, 0.1) is 6.92 Å². The average Bonchev–Trinajstić information content (AvgIpc) is 3.16. The number of halogens is 3. The Morgan fingerprint density at radius 2 is 1.91 bits per heavy atom. The predicted molar refractivity (Wildman–Crippen MR) is 113 cm³/mol.